The van der Waals surface area contributed by atoms with Crippen LogP contribution in [0, 0.1) is 0 Å². The number of halogens is 2. The van der Waals surface area contributed by atoms with Crippen molar-refractivity contribution in [2.75, 3.05) is 6.79 Å². The van der Waals surface area contributed by atoms with Crippen LogP contribution in [0.25, 0.3) is 0 Å². The Morgan fingerprint density at radius 3 is 2.87 bits per heavy atom. The van der Waals surface area contributed by atoms with E-state index in [-0.39, 0.29) is 6.79 Å². The fourth-order valence-corrected chi connectivity index (χ4v) is 1.26. The summed E-state index contributed by atoms with van der Waals surface area (Å²) in [6.07, 6.45) is 0. The number of carbonyl (C=O) groups excluding carboxylic acids is 1. The summed E-state index contributed by atoms with van der Waals surface area (Å²) in [6.45, 7) is 0.178. The van der Waals surface area contributed by atoms with Crippen molar-refractivity contribution in [1.82, 2.24) is 0 Å². The minimum atomic E-state index is -1.20. The molecular formula is C9H6Cl2O4. The molecule has 0 aromatic heterocycles. The van der Waals surface area contributed by atoms with Gasteiger partial charge in [-0.25, -0.2) is 0 Å². The fraction of sp³-hybridized carbons (Fsp3) is 0.222. The van der Waals surface area contributed by atoms with Gasteiger partial charge >= 0.3 is 0 Å². The fourth-order valence-electron chi connectivity index (χ4n) is 1.12. The molecule has 1 aliphatic heterocycles. The van der Waals surface area contributed by atoms with Crippen molar-refractivity contribution in [1.29, 1.82) is 0 Å². The van der Waals surface area contributed by atoms with Crippen molar-refractivity contribution in [3.8, 4) is 17.2 Å². The predicted octanol–water partition coefficient (Wildman–Crippen LogP) is 2.12. The van der Waals surface area contributed by atoms with E-state index in [1.165, 1.54) is 0 Å². The first-order valence-electron chi connectivity index (χ1n) is 4.06. The zero-order valence-corrected chi connectivity index (χ0v) is 8.92. The molecule has 4 nitrogen and oxygen atoms in total. The summed E-state index contributed by atoms with van der Waals surface area (Å²) < 4.78 is 15.3. The van der Waals surface area contributed by atoms with Gasteiger partial charge in [0.25, 0.3) is 5.24 Å². The largest absolute Gasteiger partial charge is 0.466 e. The molecule has 0 amide bonds. The van der Waals surface area contributed by atoms with Gasteiger partial charge in [0.2, 0.25) is 12.4 Å². The maximum Gasteiger partial charge on any atom is 0.278 e. The van der Waals surface area contributed by atoms with Crippen LogP contribution in [-0.2, 0) is 4.79 Å². The van der Waals surface area contributed by atoms with E-state index in [0.29, 0.717) is 17.2 Å². The lowest BCUT2D eigenvalue weighted by Crippen LogP contribution is -2.15. The minimum absolute atomic E-state index is 0.178. The summed E-state index contributed by atoms with van der Waals surface area (Å²) in [5.74, 6) is 1.58. The lowest BCUT2D eigenvalue weighted by Gasteiger charge is -2.08. The second kappa shape index (κ2) is 4.16. The lowest BCUT2D eigenvalue weighted by molar-refractivity contribution is -0.115. The number of ether oxygens (including phenoxy) is 3. The van der Waals surface area contributed by atoms with Gasteiger partial charge in [-0.2, -0.15) is 0 Å². The van der Waals surface area contributed by atoms with E-state index in [9.17, 15) is 4.79 Å². The Balaban J connectivity index is 2.13. The summed E-state index contributed by atoms with van der Waals surface area (Å²) in [5, 5.41) is -0.769. The summed E-state index contributed by atoms with van der Waals surface area (Å²) in [7, 11) is 0. The number of hydrogen-bond acceptors (Lipinski definition) is 4. The summed E-state index contributed by atoms with van der Waals surface area (Å²) in [6, 6.07) is 4.86. The van der Waals surface area contributed by atoms with Gasteiger partial charge in [-0.3, -0.25) is 4.79 Å². The van der Waals surface area contributed by atoms with Crippen LogP contribution in [0.2, 0.25) is 0 Å². The van der Waals surface area contributed by atoms with Crippen LogP contribution in [0.4, 0.5) is 0 Å². The molecule has 0 fully saturated rings. The molecule has 1 heterocycles. The van der Waals surface area contributed by atoms with Gasteiger partial charge in [0, 0.05) is 6.07 Å². The first kappa shape index (κ1) is 10.4. The average molecular weight is 249 g/mol. The number of alkyl halides is 1. The van der Waals surface area contributed by atoms with E-state index < -0.39 is 10.8 Å². The Morgan fingerprint density at radius 1 is 1.40 bits per heavy atom. The van der Waals surface area contributed by atoms with Crippen LogP contribution >= 0.6 is 23.2 Å². The molecule has 2 rings (SSSR count). The smallest absolute Gasteiger partial charge is 0.278 e. The summed E-state index contributed by atoms with van der Waals surface area (Å²) in [5.41, 5.74) is -1.20. The van der Waals surface area contributed by atoms with E-state index in [4.69, 9.17) is 37.4 Å². The number of rotatable bonds is 3. The van der Waals surface area contributed by atoms with Crippen LogP contribution in [0.15, 0.2) is 18.2 Å². The van der Waals surface area contributed by atoms with Gasteiger partial charge in [-0.1, -0.05) is 11.6 Å². The SMILES string of the molecule is O=C(Cl)C(Cl)Oc1ccc2c(c1)OCO2. The third kappa shape index (κ3) is 2.27. The lowest BCUT2D eigenvalue weighted by atomic mass is 10.3. The number of hydrogen-bond donors (Lipinski definition) is 0. The molecule has 1 aromatic carbocycles. The molecule has 15 heavy (non-hydrogen) atoms. The van der Waals surface area contributed by atoms with Gasteiger partial charge in [0.1, 0.15) is 5.75 Å². The quantitative estimate of drug-likeness (QED) is 0.608. The highest BCUT2D eigenvalue weighted by atomic mass is 35.5. The van der Waals surface area contributed by atoms with Gasteiger partial charge < -0.3 is 14.2 Å². The normalized spacial score (nSPS) is 14.8. The van der Waals surface area contributed by atoms with Crippen LogP contribution in [-0.4, -0.2) is 17.6 Å². The Kier molecular flexibility index (Phi) is 2.88. The molecular weight excluding hydrogens is 243 g/mol. The van der Waals surface area contributed by atoms with E-state index in [1.54, 1.807) is 18.2 Å². The van der Waals surface area contributed by atoms with Crippen molar-refractivity contribution in [2.45, 2.75) is 5.56 Å². The van der Waals surface area contributed by atoms with Crippen LogP contribution in [0.1, 0.15) is 0 Å². The number of benzene rings is 1. The van der Waals surface area contributed by atoms with Crippen molar-refractivity contribution < 1.29 is 19.0 Å². The molecule has 1 unspecified atom stereocenters. The van der Waals surface area contributed by atoms with Crippen LogP contribution in [0.5, 0.6) is 17.2 Å². The van der Waals surface area contributed by atoms with E-state index >= 15 is 0 Å². The minimum Gasteiger partial charge on any atom is -0.466 e. The molecule has 0 bridgehead atoms. The number of fused-ring (bicyclic) bond motifs is 1. The van der Waals surface area contributed by atoms with Gasteiger partial charge in [0.15, 0.2) is 11.5 Å². The maximum absolute atomic E-state index is 10.6. The van der Waals surface area contributed by atoms with Crippen LogP contribution in [0.3, 0.4) is 0 Å². The molecule has 0 N–H and O–H groups in total. The third-order valence-corrected chi connectivity index (χ3v) is 2.36. The Labute approximate surface area is 95.6 Å². The number of carbonyl (C=O) groups is 1. The van der Waals surface area contributed by atoms with E-state index in [2.05, 4.69) is 0 Å². The first-order valence-corrected chi connectivity index (χ1v) is 4.88. The Morgan fingerprint density at radius 2 is 2.13 bits per heavy atom. The second-order valence-electron chi connectivity index (χ2n) is 2.75. The zero-order valence-electron chi connectivity index (χ0n) is 7.41. The Hall–Kier alpha value is -1.13. The predicted molar refractivity (Wildman–Crippen MR) is 53.7 cm³/mol. The molecule has 1 aliphatic rings. The molecule has 0 aliphatic carbocycles. The molecule has 0 saturated carbocycles. The van der Waals surface area contributed by atoms with Gasteiger partial charge in [-0.05, 0) is 23.7 Å². The van der Waals surface area contributed by atoms with E-state index in [0.717, 1.165) is 0 Å². The van der Waals surface area contributed by atoms with E-state index in [1.807, 2.05) is 0 Å². The zero-order chi connectivity index (χ0) is 10.8. The molecule has 0 spiro atoms. The second-order valence-corrected chi connectivity index (χ2v) is 3.52. The highest BCUT2D eigenvalue weighted by Gasteiger charge is 2.17. The standard InChI is InChI=1S/C9H6Cl2O4/c10-8(12)9(11)15-5-1-2-6-7(3-5)14-4-13-6/h1-3,9H,4H2. The van der Waals surface area contributed by atoms with Crippen molar-refractivity contribution in [3.63, 3.8) is 0 Å². The first-order chi connectivity index (χ1) is 7.16. The monoisotopic (exact) mass is 248 g/mol. The molecule has 0 saturated heterocycles. The van der Waals surface area contributed by atoms with Crippen molar-refractivity contribution in [2.24, 2.45) is 0 Å². The molecule has 1 atom stereocenters. The van der Waals surface area contributed by atoms with Crippen molar-refractivity contribution >= 4 is 28.4 Å². The third-order valence-electron chi connectivity index (χ3n) is 1.76. The maximum atomic E-state index is 10.6. The summed E-state index contributed by atoms with van der Waals surface area (Å²) >= 11 is 10.7. The molecule has 80 valence electrons. The molecule has 0 radical (unpaired) electrons. The van der Waals surface area contributed by atoms with Crippen molar-refractivity contribution in [3.05, 3.63) is 18.2 Å². The molecule has 1 aromatic rings. The van der Waals surface area contributed by atoms with Gasteiger partial charge in [0.05, 0.1) is 0 Å². The highest BCUT2D eigenvalue weighted by Crippen LogP contribution is 2.35. The average Bonchev–Trinajstić information content (AvgIpc) is 2.64. The van der Waals surface area contributed by atoms with Gasteiger partial charge in [-0.15, -0.1) is 0 Å². The highest BCUT2D eigenvalue weighted by molar-refractivity contribution is 6.68. The Bertz CT molecular complexity index is 394. The van der Waals surface area contributed by atoms with Crippen LogP contribution < -0.4 is 14.2 Å². The summed E-state index contributed by atoms with van der Waals surface area (Å²) in [4.78, 5) is 10.6. The molecule has 6 heteroatoms. The topological polar surface area (TPSA) is 44.8 Å².